The van der Waals surface area contributed by atoms with E-state index >= 15 is 0 Å². The van der Waals surface area contributed by atoms with Gasteiger partial charge in [0.25, 0.3) is 0 Å². The lowest BCUT2D eigenvalue weighted by Crippen LogP contribution is -2.32. The van der Waals surface area contributed by atoms with Crippen molar-refractivity contribution in [3.8, 4) is 0 Å². The number of hydrogen-bond acceptors (Lipinski definition) is 2. The topological polar surface area (TPSA) is 29.1 Å². The summed E-state index contributed by atoms with van der Waals surface area (Å²) in [5.41, 5.74) is 5.54. The molecule has 0 bridgehead atoms. The summed E-state index contributed by atoms with van der Waals surface area (Å²) in [6, 6.07) is 27.7. The van der Waals surface area contributed by atoms with Crippen LogP contribution in [0.1, 0.15) is 43.9 Å². The molecule has 1 atom stereocenters. The van der Waals surface area contributed by atoms with E-state index in [0.717, 1.165) is 28.6 Å². The van der Waals surface area contributed by atoms with Crippen LogP contribution in [-0.2, 0) is 4.79 Å². The molecule has 0 saturated carbocycles. The minimum atomic E-state index is -0.0392. The summed E-state index contributed by atoms with van der Waals surface area (Å²) < 4.78 is 0. The summed E-state index contributed by atoms with van der Waals surface area (Å²) in [4.78, 5) is 13.6. The van der Waals surface area contributed by atoms with Crippen molar-refractivity contribution in [1.29, 1.82) is 0 Å². The van der Waals surface area contributed by atoms with Gasteiger partial charge in [-0.05, 0) is 50.6 Å². The van der Waals surface area contributed by atoms with Crippen LogP contribution in [0.25, 0.3) is 27.1 Å². The molecule has 31 heavy (non-hydrogen) atoms. The van der Waals surface area contributed by atoms with E-state index in [0.29, 0.717) is 6.42 Å². The highest BCUT2D eigenvalue weighted by molar-refractivity contribution is 6.28. The molecule has 2 aliphatic rings. The molecule has 2 heteroatoms. The predicted octanol–water partition coefficient (Wildman–Crippen LogP) is 7.30. The SMILES string of the molecule is CC1(C)CC(=O)C2=C(C1)[C@H](c1cccc3ccccc13)Nc1ccc3ccccc3c12. The Morgan fingerprint density at radius 2 is 1.45 bits per heavy atom. The Morgan fingerprint density at radius 3 is 2.26 bits per heavy atom. The summed E-state index contributed by atoms with van der Waals surface area (Å²) in [6.45, 7) is 4.43. The van der Waals surface area contributed by atoms with E-state index in [2.05, 4.69) is 98.0 Å². The van der Waals surface area contributed by atoms with Gasteiger partial charge in [-0.3, -0.25) is 4.79 Å². The molecule has 0 spiro atoms. The number of anilines is 1. The largest absolute Gasteiger partial charge is 0.374 e. The second-order valence-corrected chi connectivity index (χ2v) is 9.70. The van der Waals surface area contributed by atoms with Crippen molar-refractivity contribution in [2.75, 3.05) is 5.32 Å². The quantitative estimate of drug-likeness (QED) is 0.361. The highest BCUT2D eigenvalue weighted by Crippen LogP contribution is 2.52. The van der Waals surface area contributed by atoms with E-state index in [1.807, 2.05) is 0 Å². The maximum Gasteiger partial charge on any atom is 0.164 e. The monoisotopic (exact) mass is 403 g/mol. The lowest BCUT2D eigenvalue weighted by molar-refractivity contribution is -0.116. The van der Waals surface area contributed by atoms with Crippen molar-refractivity contribution < 1.29 is 4.79 Å². The number of benzene rings is 4. The first kappa shape index (κ1) is 18.4. The summed E-state index contributed by atoms with van der Waals surface area (Å²) in [7, 11) is 0. The van der Waals surface area contributed by atoms with Crippen LogP contribution in [0, 0.1) is 5.41 Å². The Kier molecular flexibility index (Phi) is 3.89. The minimum absolute atomic E-state index is 0.00159. The Labute approximate surface area is 182 Å². The lowest BCUT2D eigenvalue weighted by atomic mass is 9.67. The summed E-state index contributed by atoms with van der Waals surface area (Å²) in [6.07, 6.45) is 1.51. The van der Waals surface area contributed by atoms with Gasteiger partial charge in [0.05, 0.1) is 6.04 Å². The van der Waals surface area contributed by atoms with Crippen LogP contribution in [0.5, 0.6) is 0 Å². The van der Waals surface area contributed by atoms with Gasteiger partial charge in [-0.15, -0.1) is 0 Å². The molecule has 1 aliphatic heterocycles. The predicted molar refractivity (Wildman–Crippen MR) is 129 cm³/mol. The van der Waals surface area contributed by atoms with E-state index in [4.69, 9.17) is 0 Å². The average Bonchev–Trinajstić information content (AvgIpc) is 2.77. The minimum Gasteiger partial charge on any atom is -0.374 e. The molecule has 0 unspecified atom stereocenters. The second-order valence-electron chi connectivity index (χ2n) is 9.70. The highest BCUT2D eigenvalue weighted by atomic mass is 16.1. The van der Waals surface area contributed by atoms with Gasteiger partial charge in [0.2, 0.25) is 0 Å². The van der Waals surface area contributed by atoms with Crippen molar-refractivity contribution in [1.82, 2.24) is 0 Å². The summed E-state index contributed by atoms with van der Waals surface area (Å²) in [5.74, 6) is 0.274. The Bertz CT molecular complexity index is 1400. The van der Waals surface area contributed by atoms with Crippen molar-refractivity contribution >= 4 is 38.6 Å². The number of ketones is 1. The van der Waals surface area contributed by atoms with E-state index < -0.39 is 0 Å². The van der Waals surface area contributed by atoms with Crippen molar-refractivity contribution in [3.05, 3.63) is 95.6 Å². The van der Waals surface area contributed by atoms with Crippen molar-refractivity contribution in [3.63, 3.8) is 0 Å². The molecular weight excluding hydrogens is 378 g/mol. The summed E-state index contributed by atoms with van der Waals surface area (Å²) in [5, 5.41) is 8.65. The van der Waals surface area contributed by atoms with Crippen molar-refractivity contribution in [2.45, 2.75) is 32.7 Å². The third-order valence-corrected chi connectivity index (χ3v) is 6.87. The van der Waals surface area contributed by atoms with Gasteiger partial charge in [0.15, 0.2) is 5.78 Å². The normalized spacial score (nSPS) is 19.8. The van der Waals surface area contributed by atoms with Crippen LogP contribution in [0.2, 0.25) is 0 Å². The molecule has 0 aromatic heterocycles. The highest BCUT2D eigenvalue weighted by Gasteiger charge is 2.40. The van der Waals surface area contributed by atoms with Crippen LogP contribution in [0.4, 0.5) is 5.69 Å². The Balaban J connectivity index is 1.67. The number of carbonyl (C=O) groups excluding carboxylic acids is 1. The van der Waals surface area contributed by atoms with Gasteiger partial charge >= 0.3 is 0 Å². The van der Waals surface area contributed by atoms with E-state index in [1.165, 1.54) is 27.3 Å². The molecule has 0 radical (unpaired) electrons. The third-order valence-electron chi connectivity index (χ3n) is 6.87. The number of Topliss-reactive ketones (excluding diaryl/α,β-unsaturated/α-hetero) is 1. The molecule has 4 aromatic carbocycles. The molecule has 6 rings (SSSR count). The van der Waals surface area contributed by atoms with Crippen LogP contribution in [-0.4, -0.2) is 5.78 Å². The van der Waals surface area contributed by atoms with Gasteiger partial charge < -0.3 is 5.32 Å². The van der Waals surface area contributed by atoms with Crippen LogP contribution in [0.3, 0.4) is 0 Å². The van der Waals surface area contributed by atoms with E-state index in [1.54, 1.807) is 0 Å². The Morgan fingerprint density at radius 1 is 0.774 bits per heavy atom. The second kappa shape index (κ2) is 6.55. The molecule has 1 heterocycles. The third kappa shape index (κ3) is 2.82. The first-order valence-corrected chi connectivity index (χ1v) is 11.0. The van der Waals surface area contributed by atoms with Gasteiger partial charge in [0.1, 0.15) is 0 Å². The standard InChI is InChI=1S/C29H25NO/c1-29(2)16-23-27(25(31)17-29)26-21-12-6-4-9-19(21)14-15-24(26)30-28(23)22-13-7-10-18-8-3-5-11-20(18)22/h3-15,28,30H,16-17H2,1-2H3/t28-/m0/s1. The molecule has 4 aromatic rings. The molecule has 1 N–H and O–H groups in total. The zero-order valence-electron chi connectivity index (χ0n) is 17.9. The van der Waals surface area contributed by atoms with Crippen LogP contribution >= 0.6 is 0 Å². The number of fused-ring (bicyclic) bond motifs is 5. The van der Waals surface area contributed by atoms with Gasteiger partial charge in [0, 0.05) is 23.2 Å². The molecule has 1 aliphatic carbocycles. The van der Waals surface area contributed by atoms with Gasteiger partial charge in [-0.1, -0.05) is 86.6 Å². The smallest absolute Gasteiger partial charge is 0.164 e. The molecule has 0 saturated heterocycles. The average molecular weight is 404 g/mol. The fourth-order valence-corrected chi connectivity index (χ4v) is 5.59. The molecule has 0 fully saturated rings. The molecular formula is C29H25NO. The van der Waals surface area contributed by atoms with E-state index in [9.17, 15) is 4.79 Å². The molecule has 152 valence electrons. The van der Waals surface area contributed by atoms with Crippen molar-refractivity contribution in [2.24, 2.45) is 5.41 Å². The van der Waals surface area contributed by atoms with Crippen LogP contribution in [0.15, 0.2) is 84.4 Å². The van der Waals surface area contributed by atoms with Gasteiger partial charge in [-0.2, -0.15) is 0 Å². The first-order chi connectivity index (χ1) is 15.0. The number of nitrogens with one attached hydrogen (secondary N) is 1. The Hall–Kier alpha value is -3.39. The van der Waals surface area contributed by atoms with E-state index in [-0.39, 0.29) is 17.2 Å². The molecule has 2 nitrogen and oxygen atoms in total. The van der Waals surface area contributed by atoms with Gasteiger partial charge in [-0.25, -0.2) is 0 Å². The fraction of sp³-hybridized carbons (Fsp3) is 0.207. The number of hydrogen-bond donors (Lipinski definition) is 1. The first-order valence-electron chi connectivity index (χ1n) is 11.0. The lowest BCUT2D eigenvalue weighted by Gasteiger charge is -2.40. The number of carbonyl (C=O) groups is 1. The summed E-state index contributed by atoms with van der Waals surface area (Å²) >= 11 is 0. The number of rotatable bonds is 1. The fourth-order valence-electron chi connectivity index (χ4n) is 5.59. The molecule has 0 amide bonds. The van der Waals surface area contributed by atoms with Crippen LogP contribution < -0.4 is 5.32 Å². The zero-order valence-corrected chi connectivity index (χ0v) is 17.9. The number of allylic oxidation sites excluding steroid dienone is 1. The maximum absolute atomic E-state index is 13.6. The maximum atomic E-state index is 13.6. The zero-order chi connectivity index (χ0) is 21.2.